The number of rotatable bonds is 8. The maximum Gasteiger partial charge on any atom is 0.573 e. The summed E-state index contributed by atoms with van der Waals surface area (Å²) in [6.45, 7) is 4.38. The Hall–Kier alpha value is -2.59. The number of sulfonamides is 1. The van der Waals surface area contributed by atoms with Crippen molar-refractivity contribution in [1.29, 1.82) is 0 Å². The van der Waals surface area contributed by atoms with Crippen LogP contribution in [0.25, 0.3) is 0 Å². The van der Waals surface area contributed by atoms with Crippen molar-refractivity contribution < 1.29 is 31.1 Å². The number of carbonyl (C=O) groups excluding carboxylic acids is 1. The summed E-state index contributed by atoms with van der Waals surface area (Å²) >= 11 is 0. The largest absolute Gasteiger partial charge is 0.573 e. The molecular weight excluding hydrogens is 445 g/mol. The number of anilines is 1. The average Bonchev–Trinajstić information content (AvgIpc) is 3.03. The topological polar surface area (TPSA) is 66.9 Å². The van der Waals surface area contributed by atoms with Gasteiger partial charge in [-0.2, -0.15) is 4.31 Å². The van der Waals surface area contributed by atoms with E-state index in [0.717, 1.165) is 12.1 Å². The fraction of sp³-hybridized carbons (Fsp3) is 0.409. The van der Waals surface area contributed by atoms with Gasteiger partial charge in [0.2, 0.25) is 15.9 Å². The van der Waals surface area contributed by atoms with Gasteiger partial charge in [0.25, 0.3) is 0 Å². The number of carbonyl (C=O) groups is 1. The molecule has 1 heterocycles. The van der Waals surface area contributed by atoms with E-state index in [4.69, 9.17) is 0 Å². The minimum atomic E-state index is -4.78. The van der Waals surface area contributed by atoms with Gasteiger partial charge < -0.3 is 9.64 Å². The van der Waals surface area contributed by atoms with Crippen LogP contribution >= 0.6 is 0 Å². The van der Waals surface area contributed by atoms with Crippen LogP contribution < -0.4 is 9.64 Å². The second kappa shape index (κ2) is 9.11. The van der Waals surface area contributed by atoms with Crippen molar-refractivity contribution in [2.24, 2.45) is 5.41 Å². The summed E-state index contributed by atoms with van der Waals surface area (Å²) in [5.74, 6) is -0.546. The highest BCUT2D eigenvalue weighted by atomic mass is 32.2. The Labute approximate surface area is 185 Å². The van der Waals surface area contributed by atoms with Gasteiger partial charge in [0.05, 0.1) is 4.90 Å². The van der Waals surface area contributed by atoms with Gasteiger partial charge >= 0.3 is 6.36 Å². The van der Waals surface area contributed by atoms with Crippen molar-refractivity contribution in [3.8, 4) is 5.75 Å². The van der Waals surface area contributed by atoms with Gasteiger partial charge in [-0.25, -0.2) is 8.42 Å². The lowest BCUT2D eigenvalue weighted by Gasteiger charge is -2.27. The van der Waals surface area contributed by atoms with Gasteiger partial charge in [0.15, 0.2) is 0 Å². The van der Waals surface area contributed by atoms with Crippen LogP contribution in [-0.2, 0) is 14.8 Å². The molecule has 1 fully saturated rings. The Bertz CT molecular complexity index is 1040. The maximum absolute atomic E-state index is 13.1. The molecule has 0 aliphatic carbocycles. The van der Waals surface area contributed by atoms with E-state index in [1.54, 1.807) is 32.0 Å². The highest BCUT2D eigenvalue weighted by molar-refractivity contribution is 7.89. The Balaban J connectivity index is 1.68. The fourth-order valence-electron chi connectivity index (χ4n) is 3.76. The third kappa shape index (κ3) is 5.24. The number of hydrogen-bond acceptors (Lipinski definition) is 4. The predicted molar refractivity (Wildman–Crippen MR) is 114 cm³/mol. The van der Waals surface area contributed by atoms with E-state index in [1.165, 1.54) is 33.5 Å². The van der Waals surface area contributed by atoms with Crippen LogP contribution in [0.4, 0.5) is 18.9 Å². The molecular formula is C22H25F3N2O4S. The molecule has 1 atom stereocenters. The zero-order valence-electron chi connectivity index (χ0n) is 17.8. The summed E-state index contributed by atoms with van der Waals surface area (Å²) in [7, 11) is -3.67. The van der Waals surface area contributed by atoms with Crippen molar-refractivity contribution in [2.45, 2.75) is 37.9 Å². The molecule has 1 unspecified atom stereocenters. The number of halogens is 3. The number of hydrogen-bond donors (Lipinski definition) is 0. The Morgan fingerprint density at radius 1 is 1.09 bits per heavy atom. The molecule has 1 aliphatic heterocycles. The zero-order chi connectivity index (χ0) is 23.6. The Morgan fingerprint density at radius 3 is 2.28 bits per heavy atom. The van der Waals surface area contributed by atoms with Gasteiger partial charge in [-0.05, 0) is 49.2 Å². The summed E-state index contributed by atoms with van der Waals surface area (Å²) in [5.41, 5.74) is -0.307. The van der Waals surface area contributed by atoms with Crippen LogP contribution in [0.3, 0.4) is 0 Å². The first kappa shape index (κ1) is 24.1. The predicted octanol–water partition coefficient (Wildman–Crippen LogP) is 4.43. The number of alkyl halides is 3. The summed E-state index contributed by atoms with van der Waals surface area (Å²) in [5, 5.41) is 0. The standard InChI is InChI=1S/C22H25F3N2O4S/c1-3-26(32(29,30)19-7-5-4-6-8-19)15-13-21(2)14-16-27(20(21)28)17-9-11-18(12-10-17)31-22(23,24)25/h4-12H,3,13-16H2,1-2H3. The lowest BCUT2D eigenvalue weighted by molar-refractivity contribution is -0.274. The van der Waals surface area contributed by atoms with Crippen molar-refractivity contribution in [3.63, 3.8) is 0 Å². The second-order valence-corrected chi connectivity index (χ2v) is 9.81. The van der Waals surface area contributed by atoms with E-state index in [2.05, 4.69) is 4.74 Å². The molecule has 0 spiro atoms. The van der Waals surface area contributed by atoms with Gasteiger partial charge in [0, 0.05) is 30.7 Å². The monoisotopic (exact) mass is 470 g/mol. The highest BCUT2D eigenvalue weighted by Crippen LogP contribution is 2.38. The molecule has 174 valence electrons. The summed E-state index contributed by atoms with van der Waals surface area (Å²) in [6, 6.07) is 13.3. The molecule has 1 aliphatic rings. The minimum Gasteiger partial charge on any atom is -0.406 e. The third-order valence-corrected chi connectivity index (χ3v) is 7.67. The first-order valence-electron chi connectivity index (χ1n) is 10.2. The molecule has 0 radical (unpaired) electrons. The Morgan fingerprint density at radius 2 is 1.72 bits per heavy atom. The van der Waals surface area contributed by atoms with Crippen molar-refractivity contribution in [1.82, 2.24) is 4.31 Å². The van der Waals surface area contributed by atoms with Crippen molar-refractivity contribution >= 4 is 21.6 Å². The van der Waals surface area contributed by atoms with Crippen LogP contribution in [0.15, 0.2) is 59.5 Å². The number of ether oxygens (including phenoxy) is 1. The molecule has 0 saturated carbocycles. The number of benzene rings is 2. The lowest BCUT2D eigenvalue weighted by atomic mass is 9.85. The third-order valence-electron chi connectivity index (χ3n) is 5.68. The van der Waals surface area contributed by atoms with Crippen LogP contribution in [0, 0.1) is 5.41 Å². The Kier molecular flexibility index (Phi) is 6.85. The van der Waals surface area contributed by atoms with Crippen molar-refractivity contribution in [2.75, 3.05) is 24.5 Å². The van der Waals surface area contributed by atoms with Crippen LogP contribution in [0.2, 0.25) is 0 Å². The SMILES string of the molecule is CCN(CCC1(C)CCN(c2ccc(OC(F)(F)F)cc2)C1=O)S(=O)(=O)c1ccccc1. The molecule has 10 heteroatoms. The normalized spacial score (nSPS) is 19.6. The van der Waals surface area contributed by atoms with Gasteiger partial charge in [-0.15, -0.1) is 13.2 Å². The van der Waals surface area contributed by atoms with E-state index in [1.807, 2.05) is 0 Å². The average molecular weight is 471 g/mol. The lowest BCUT2D eigenvalue weighted by Crippen LogP contribution is -2.38. The molecule has 6 nitrogen and oxygen atoms in total. The fourth-order valence-corrected chi connectivity index (χ4v) is 5.23. The van der Waals surface area contributed by atoms with E-state index in [9.17, 15) is 26.4 Å². The van der Waals surface area contributed by atoms with E-state index >= 15 is 0 Å². The first-order valence-corrected chi connectivity index (χ1v) is 11.6. The second-order valence-electron chi connectivity index (χ2n) is 7.87. The van der Waals surface area contributed by atoms with E-state index in [0.29, 0.717) is 25.1 Å². The summed E-state index contributed by atoms with van der Waals surface area (Å²) in [6.07, 6.45) is -3.94. The van der Waals surface area contributed by atoms with E-state index < -0.39 is 21.8 Å². The van der Waals surface area contributed by atoms with Gasteiger partial charge in [0.1, 0.15) is 5.75 Å². The number of amides is 1. The van der Waals surface area contributed by atoms with Crippen molar-refractivity contribution in [3.05, 3.63) is 54.6 Å². The smallest absolute Gasteiger partial charge is 0.406 e. The molecule has 0 bridgehead atoms. The molecule has 1 saturated heterocycles. The quantitative estimate of drug-likeness (QED) is 0.573. The van der Waals surface area contributed by atoms with Gasteiger partial charge in [-0.1, -0.05) is 32.0 Å². The van der Waals surface area contributed by atoms with E-state index in [-0.39, 0.29) is 29.6 Å². The zero-order valence-corrected chi connectivity index (χ0v) is 18.6. The molecule has 32 heavy (non-hydrogen) atoms. The number of nitrogens with zero attached hydrogens (tertiary/aromatic N) is 2. The first-order chi connectivity index (χ1) is 15.0. The van der Waals surface area contributed by atoms with Crippen LogP contribution in [0.5, 0.6) is 5.75 Å². The molecule has 3 rings (SSSR count). The minimum absolute atomic E-state index is 0.183. The maximum atomic E-state index is 13.1. The molecule has 2 aromatic rings. The molecule has 1 amide bonds. The summed E-state index contributed by atoms with van der Waals surface area (Å²) in [4.78, 5) is 14.8. The van der Waals surface area contributed by atoms with Gasteiger partial charge in [-0.3, -0.25) is 4.79 Å². The van der Waals surface area contributed by atoms with Crippen LogP contribution in [-0.4, -0.2) is 44.6 Å². The highest BCUT2D eigenvalue weighted by Gasteiger charge is 2.43. The molecule has 0 aromatic heterocycles. The molecule has 2 aromatic carbocycles. The van der Waals surface area contributed by atoms with Crippen LogP contribution in [0.1, 0.15) is 26.7 Å². The summed E-state index contributed by atoms with van der Waals surface area (Å²) < 4.78 is 68.1. The molecule has 0 N–H and O–H groups in total.